The van der Waals surface area contributed by atoms with Gasteiger partial charge in [-0.1, -0.05) is 11.6 Å². The van der Waals surface area contributed by atoms with Crippen LogP contribution in [0.2, 0.25) is 0 Å². The van der Waals surface area contributed by atoms with Crippen LogP contribution in [0.25, 0.3) is 6.08 Å². The summed E-state index contributed by atoms with van der Waals surface area (Å²) in [5, 5.41) is 9.71. The third-order valence-corrected chi connectivity index (χ3v) is 2.44. The van der Waals surface area contributed by atoms with Gasteiger partial charge < -0.3 is 9.84 Å². The molecule has 14 heavy (non-hydrogen) atoms. The predicted octanol–water partition coefficient (Wildman–Crippen LogP) is 3.06. The number of hydrogen-bond acceptors (Lipinski definition) is 2. The minimum absolute atomic E-state index is 0.274. The van der Waals surface area contributed by atoms with Gasteiger partial charge in [0.05, 0.1) is 0 Å². The maximum atomic E-state index is 9.71. The summed E-state index contributed by atoms with van der Waals surface area (Å²) in [4.78, 5) is 0. The molecule has 0 unspecified atom stereocenters. The predicted molar refractivity (Wildman–Crippen MR) is 56.5 cm³/mol. The summed E-state index contributed by atoms with van der Waals surface area (Å²) in [5.74, 6) is 1.11. The van der Waals surface area contributed by atoms with Crippen molar-refractivity contribution in [3.63, 3.8) is 0 Å². The van der Waals surface area contributed by atoms with Gasteiger partial charge in [0.15, 0.2) is 5.60 Å². The highest BCUT2D eigenvalue weighted by Crippen LogP contribution is 2.34. The third-order valence-electron chi connectivity index (χ3n) is 2.44. The molecule has 0 radical (unpaired) electrons. The number of hydrogen-bond donors (Lipinski definition) is 1. The van der Waals surface area contributed by atoms with E-state index in [1.165, 1.54) is 0 Å². The molecule has 0 amide bonds. The van der Waals surface area contributed by atoms with E-state index in [9.17, 15) is 5.11 Å². The van der Waals surface area contributed by atoms with Crippen molar-refractivity contribution in [1.82, 2.24) is 0 Å². The highest BCUT2D eigenvalue weighted by Gasteiger charge is 2.29. The average molecular weight is 190 g/mol. The lowest BCUT2D eigenvalue weighted by atomic mass is 9.99. The smallest absolute Gasteiger partial charge is 0.160 e. The van der Waals surface area contributed by atoms with Crippen molar-refractivity contribution in [3.05, 3.63) is 35.1 Å². The van der Waals surface area contributed by atoms with Crippen molar-refractivity contribution >= 4 is 6.08 Å². The molecule has 1 aliphatic heterocycles. The van der Waals surface area contributed by atoms with E-state index in [1.54, 1.807) is 6.08 Å². The number of ether oxygens (including phenoxy) is 1. The number of benzene rings is 1. The molecule has 0 aliphatic carbocycles. The van der Waals surface area contributed by atoms with Crippen LogP contribution in [0.3, 0.4) is 0 Å². The van der Waals surface area contributed by atoms with E-state index in [0.29, 0.717) is 0 Å². The number of aryl methyl sites for hydroxylation is 1. The Balaban J connectivity index is 2.54. The summed E-state index contributed by atoms with van der Waals surface area (Å²) in [6.45, 7) is 5.72. The van der Waals surface area contributed by atoms with Crippen molar-refractivity contribution < 1.29 is 9.84 Å². The maximum Gasteiger partial charge on any atom is 0.160 e. The lowest BCUT2D eigenvalue weighted by Gasteiger charge is -2.30. The Morgan fingerprint density at radius 1 is 1.29 bits per heavy atom. The lowest BCUT2D eigenvalue weighted by molar-refractivity contribution is 0.0936. The quantitative estimate of drug-likeness (QED) is 0.681. The highest BCUT2D eigenvalue weighted by molar-refractivity contribution is 5.63. The summed E-state index contributed by atoms with van der Waals surface area (Å²) in [6.07, 6.45) is 1.77. The second kappa shape index (κ2) is 2.77. The van der Waals surface area contributed by atoms with Crippen molar-refractivity contribution in [1.29, 1.82) is 0 Å². The fourth-order valence-electron chi connectivity index (χ4n) is 1.52. The molecule has 2 nitrogen and oxygen atoms in total. The van der Waals surface area contributed by atoms with Gasteiger partial charge in [0.2, 0.25) is 0 Å². The summed E-state index contributed by atoms with van der Waals surface area (Å²) >= 11 is 0. The Morgan fingerprint density at radius 2 is 2.00 bits per heavy atom. The molecule has 1 N–H and O–H groups in total. The number of aliphatic hydroxyl groups excluding tert-OH is 1. The minimum atomic E-state index is -0.609. The van der Waals surface area contributed by atoms with Gasteiger partial charge in [0.25, 0.3) is 0 Å². The molecule has 1 aromatic rings. The van der Waals surface area contributed by atoms with E-state index in [0.717, 1.165) is 16.9 Å². The molecule has 1 heterocycles. The zero-order valence-corrected chi connectivity index (χ0v) is 8.66. The molecule has 1 aliphatic rings. The Labute approximate surface area is 83.8 Å². The van der Waals surface area contributed by atoms with Crippen LogP contribution < -0.4 is 4.74 Å². The van der Waals surface area contributed by atoms with Gasteiger partial charge in [-0.15, -0.1) is 0 Å². The van der Waals surface area contributed by atoms with Crippen LogP contribution in [0.4, 0.5) is 0 Å². The van der Waals surface area contributed by atoms with E-state index in [1.807, 2.05) is 39.0 Å². The number of aliphatic hydroxyl groups is 1. The fraction of sp³-hybridized carbons (Fsp3) is 0.333. The van der Waals surface area contributed by atoms with Gasteiger partial charge >= 0.3 is 0 Å². The molecule has 0 saturated carbocycles. The molecule has 0 fully saturated rings. The van der Waals surface area contributed by atoms with E-state index in [4.69, 9.17) is 4.74 Å². The Bertz CT molecular complexity index is 403. The van der Waals surface area contributed by atoms with E-state index in [2.05, 4.69) is 0 Å². The van der Waals surface area contributed by atoms with Crippen LogP contribution >= 0.6 is 0 Å². The first-order valence-electron chi connectivity index (χ1n) is 4.70. The minimum Gasteiger partial charge on any atom is -0.508 e. The SMILES string of the molecule is Cc1ccc2c(c1)C=C(O)C(C)(C)O2. The topological polar surface area (TPSA) is 29.5 Å². The van der Waals surface area contributed by atoms with Gasteiger partial charge in [-0.05, 0) is 39.0 Å². The van der Waals surface area contributed by atoms with Gasteiger partial charge in [-0.25, -0.2) is 0 Å². The summed E-state index contributed by atoms with van der Waals surface area (Å²) in [6, 6.07) is 5.95. The largest absolute Gasteiger partial charge is 0.508 e. The monoisotopic (exact) mass is 190 g/mol. The Morgan fingerprint density at radius 3 is 2.71 bits per heavy atom. The molecule has 0 spiro atoms. The molecule has 0 saturated heterocycles. The number of fused-ring (bicyclic) bond motifs is 1. The van der Waals surface area contributed by atoms with Crippen LogP contribution in [0.5, 0.6) is 5.75 Å². The molecule has 1 aromatic carbocycles. The third kappa shape index (κ3) is 1.37. The van der Waals surface area contributed by atoms with Crippen molar-refractivity contribution in [2.75, 3.05) is 0 Å². The van der Waals surface area contributed by atoms with Crippen LogP contribution in [0, 0.1) is 6.92 Å². The van der Waals surface area contributed by atoms with Crippen molar-refractivity contribution in [2.45, 2.75) is 26.4 Å². The summed E-state index contributed by atoms with van der Waals surface area (Å²) < 4.78 is 5.67. The van der Waals surface area contributed by atoms with Crippen LogP contribution in [0.1, 0.15) is 25.0 Å². The van der Waals surface area contributed by atoms with E-state index >= 15 is 0 Å². The standard InChI is InChI=1S/C12H14O2/c1-8-4-5-10-9(6-8)7-11(13)12(2,3)14-10/h4-7,13H,1-3H3. The van der Waals surface area contributed by atoms with Crippen LogP contribution in [-0.4, -0.2) is 10.7 Å². The van der Waals surface area contributed by atoms with Crippen molar-refractivity contribution in [2.24, 2.45) is 0 Å². The summed E-state index contributed by atoms with van der Waals surface area (Å²) in [7, 11) is 0. The Hall–Kier alpha value is -1.44. The number of rotatable bonds is 0. The molecular weight excluding hydrogens is 176 g/mol. The van der Waals surface area contributed by atoms with E-state index < -0.39 is 5.60 Å². The average Bonchev–Trinajstić information content (AvgIpc) is 2.08. The first-order chi connectivity index (χ1) is 6.49. The van der Waals surface area contributed by atoms with Crippen molar-refractivity contribution in [3.8, 4) is 5.75 Å². The van der Waals surface area contributed by atoms with E-state index in [-0.39, 0.29) is 5.76 Å². The fourth-order valence-corrected chi connectivity index (χ4v) is 1.52. The van der Waals surface area contributed by atoms with Gasteiger partial charge in [0.1, 0.15) is 11.5 Å². The molecule has 74 valence electrons. The first-order valence-corrected chi connectivity index (χ1v) is 4.70. The molecular formula is C12H14O2. The molecule has 0 bridgehead atoms. The molecule has 0 atom stereocenters. The zero-order chi connectivity index (χ0) is 10.3. The molecule has 0 aromatic heterocycles. The lowest BCUT2D eigenvalue weighted by Crippen LogP contribution is -2.33. The van der Waals surface area contributed by atoms with Crippen LogP contribution in [0.15, 0.2) is 24.0 Å². The van der Waals surface area contributed by atoms with Gasteiger partial charge in [-0.2, -0.15) is 0 Å². The first kappa shape index (κ1) is 9.13. The van der Waals surface area contributed by atoms with Crippen LogP contribution in [-0.2, 0) is 0 Å². The maximum absolute atomic E-state index is 9.71. The molecule has 2 heteroatoms. The van der Waals surface area contributed by atoms with Gasteiger partial charge in [-0.3, -0.25) is 0 Å². The highest BCUT2D eigenvalue weighted by atomic mass is 16.5. The molecule has 2 rings (SSSR count). The normalized spacial score (nSPS) is 18.1. The second-order valence-electron chi connectivity index (χ2n) is 4.18. The zero-order valence-electron chi connectivity index (χ0n) is 8.66. The Kier molecular flexibility index (Phi) is 1.81. The summed E-state index contributed by atoms with van der Waals surface area (Å²) in [5.41, 5.74) is 1.50. The van der Waals surface area contributed by atoms with Gasteiger partial charge in [0, 0.05) is 5.56 Å². The second-order valence-corrected chi connectivity index (χ2v) is 4.18.